The lowest BCUT2D eigenvalue weighted by Gasteiger charge is -2.20. The monoisotopic (exact) mass is 296 g/mol. The largest absolute Gasteiger partial charge is 0.357 e. The minimum Gasteiger partial charge on any atom is -0.357 e. The molecule has 0 saturated carbocycles. The fraction of sp³-hybridized carbons (Fsp3) is 0.286. The fourth-order valence-corrected chi connectivity index (χ4v) is 1.90. The molecule has 0 unspecified atom stereocenters. The minimum absolute atomic E-state index is 0.182. The summed E-state index contributed by atoms with van der Waals surface area (Å²) < 4.78 is 39.7. The maximum absolute atomic E-state index is 13.6. The second-order valence-corrected chi connectivity index (χ2v) is 4.28. The highest BCUT2D eigenvalue weighted by molar-refractivity contribution is 5.60. The Morgan fingerprint density at radius 3 is 2.43 bits per heavy atom. The van der Waals surface area contributed by atoms with Crippen molar-refractivity contribution in [3.63, 3.8) is 0 Å². The van der Waals surface area contributed by atoms with Crippen LogP contribution in [0.3, 0.4) is 0 Å². The van der Waals surface area contributed by atoms with E-state index in [2.05, 4.69) is 15.3 Å². The maximum atomic E-state index is 13.6. The first kappa shape index (κ1) is 15.1. The summed E-state index contributed by atoms with van der Waals surface area (Å²) in [5, 5.41) is 2.62. The third-order valence-corrected chi connectivity index (χ3v) is 3.04. The second-order valence-electron chi connectivity index (χ2n) is 4.28. The number of aromatic nitrogens is 2. The third kappa shape index (κ3) is 3.24. The molecular weight excluding hydrogens is 281 g/mol. The highest BCUT2D eigenvalue weighted by Crippen LogP contribution is 2.23. The van der Waals surface area contributed by atoms with Gasteiger partial charge in [-0.3, -0.25) is 0 Å². The van der Waals surface area contributed by atoms with Crippen LogP contribution in [0.1, 0.15) is 13.8 Å². The van der Waals surface area contributed by atoms with E-state index in [0.717, 1.165) is 25.2 Å². The van der Waals surface area contributed by atoms with Crippen molar-refractivity contribution in [3.8, 4) is 0 Å². The van der Waals surface area contributed by atoms with Crippen LogP contribution < -0.4 is 10.2 Å². The summed E-state index contributed by atoms with van der Waals surface area (Å²) in [4.78, 5) is 10.1. The molecule has 21 heavy (non-hydrogen) atoms. The van der Waals surface area contributed by atoms with E-state index in [1.54, 1.807) is 6.07 Å². The van der Waals surface area contributed by atoms with Crippen molar-refractivity contribution in [2.45, 2.75) is 13.8 Å². The van der Waals surface area contributed by atoms with Gasteiger partial charge in [-0.1, -0.05) is 0 Å². The summed E-state index contributed by atoms with van der Waals surface area (Å²) in [6, 6.07) is 3.59. The van der Waals surface area contributed by atoms with Crippen molar-refractivity contribution in [3.05, 3.63) is 42.0 Å². The number of halogens is 3. The van der Waals surface area contributed by atoms with Crippen LogP contribution in [0.2, 0.25) is 0 Å². The molecule has 0 saturated heterocycles. The molecule has 112 valence electrons. The summed E-state index contributed by atoms with van der Waals surface area (Å²) in [5.74, 6) is -3.06. The average molecular weight is 296 g/mol. The van der Waals surface area contributed by atoms with Gasteiger partial charge in [-0.05, 0) is 26.0 Å². The second kappa shape index (κ2) is 6.43. The normalized spacial score (nSPS) is 10.5. The highest BCUT2D eigenvalue weighted by atomic mass is 19.2. The van der Waals surface area contributed by atoms with Crippen LogP contribution in [0.25, 0.3) is 0 Å². The molecule has 0 aliphatic heterocycles. The molecular formula is C14H15F3N4. The molecule has 0 fully saturated rings. The molecule has 0 bridgehead atoms. The zero-order chi connectivity index (χ0) is 15.4. The van der Waals surface area contributed by atoms with Crippen LogP contribution >= 0.6 is 0 Å². The molecule has 1 heterocycles. The molecule has 0 radical (unpaired) electrons. The Labute approximate surface area is 120 Å². The predicted octanol–water partition coefficient (Wildman–Crippen LogP) is 3.48. The fourth-order valence-electron chi connectivity index (χ4n) is 1.90. The van der Waals surface area contributed by atoms with E-state index in [0.29, 0.717) is 11.6 Å². The van der Waals surface area contributed by atoms with Crippen LogP contribution in [0, 0.1) is 17.5 Å². The van der Waals surface area contributed by atoms with E-state index in [9.17, 15) is 13.2 Å². The van der Waals surface area contributed by atoms with Gasteiger partial charge in [-0.2, -0.15) is 0 Å². The third-order valence-electron chi connectivity index (χ3n) is 3.04. The Morgan fingerprint density at radius 2 is 1.76 bits per heavy atom. The smallest absolute Gasteiger partial charge is 0.196 e. The zero-order valence-corrected chi connectivity index (χ0v) is 11.7. The average Bonchev–Trinajstić information content (AvgIpc) is 2.50. The SMILES string of the molecule is CCN(CC)c1cc(Nc2ccc(F)c(F)c2F)ncn1. The van der Waals surface area contributed by atoms with Gasteiger partial charge in [0.25, 0.3) is 0 Å². The van der Waals surface area contributed by atoms with Crippen LogP contribution in [-0.4, -0.2) is 23.1 Å². The summed E-state index contributed by atoms with van der Waals surface area (Å²) in [6.07, 6.45) is 1.33. The first-order valence-electron chi connectivity index (χ1n) is 6.54. The molecule has 1 N–H and O–H groups in total. The Hall–Kier alpha value is -2.31. The van der Waals surface area contributed by atoms with Gasteiger partial charge in [0.15, 0.2) is 17.5 Å². The molecule has 1 aromatic carbocycles. The first-order valence-corrected chi connectivity index (χ1v) is 6.54. The number of anilines is 3. The molecule has 0 amide bonds. The van der Waals surface area contributed by atoms with Crippen LogP contribution in [-0.2, 0) is 0 Å². The Kier molecular flexibility index (Phi) is 4.62. The van der Waals surface area contributed by atoms with Gasteiger partial charge in [0.05, 0.1) is 5.69 Å². The number of rotatable bonds is 5. The van der Waals surface area contributed by atoms with Crippen molar-refractivity contribution >= 4 is 17.3 Å². The van der Waals surface area contributed by atoms with Crippen molar-refractivity contribution in [1.82, 2.24) is 9.97 Å². The van der Waals surface area contributed by atoms with Gasteiger partial charge < -0.3 is 10.2 Å². The summed E-state index contributed by atoms with van der Waals surface area (Å²) in [7, 11) is 0. The molecule has 0 spiro atoms. The Balaban J connectivity index is 2.28. The molecule has 4 nitrogen and oxygen atoms in total. The Morgan fingerprint density at radius 1 is 1.05 bits per heavy atom. The summed E-state index contributed by atoms with van der Waals surface area (Å²) in [5.41, 5.74) is -0.182. The van der Waals surface area contributed by atoms with E-state index >= 15 is 0 Å². The molecule has 1 aromatic heterocycles. The number of hydrogen-bond donors (Lipinski definition) is 1. The van der Waals surface area contributed by atoms with Crippen molar-refractivity contribution in [1.29, 1.82) is 0 Å². The van der Waals surface area contributed by atoms with Gasteiger partial charge in [-0.15, -0.1) is 0 Å². The van der Waals surface area contributed by atoms with E-state index in [4.69, 9.17) is 0 Å². The van der Waals surface area contributed by atoms with Crippen LogP contribution in [0.5, 0.6) is 0 Å². The minimum atomic E-state index is -1.52. The van der Waals surface area contributed by atoms with E-state index in [-0.39, 0.29) is 5.69 Å². The van der Waals surface area contributed by atoms with Crippen molar-refractivity contribution < 1.29 is 13.2 Å². The standard InChI is InChI=1S/C14H15F3N4/c1-3-21(4-2)12-7-11(18-8-19-12)20-10-6-5-9(15)13(16)14(10)17/h5-8H,3-4H2,1-2H3,(H,18,19,20). The lowest BCUT2D eigenvalue weighted by Crippen LogP contribution is -2.23. The number of nitrogens with zero attached hydrogens (tertiary/aromatic N) is 3. The molecule has 0 aliphatic rings. The van der Waals surface area contributed by atoms with Gasteiger partial charge in [0.2, 0.25) is 0 Å². The van der Waals surface area contributed by atoms with Crippen LogP contribution in [0.15, 0.2) is 24.5 Å². The Bertz CT molecular complexity index is 630. The maximum Gasteiger partial charge on any atom is 0.196 e. The number of benzene rings is 1. The van der Waals surface area contributed by atoms with Gasteiger partial charge in [0.1, 0.15) is 18.0 Å². The van der Waals surface area contributed by atoms with Crippen LogP contribution in [0.4, 0.5) is 30.5 Å². The summed E-state index contributed by atoms with van der Waals surface area (Å²) >= 11 is 0. The molecule has 2 rings (SSSR count). The van der Waals surface area contributed by atoms with E-state index in [1.165, 1.54) is 6.33 Å². The molecule has 2 aromatic rings. The topological polar surface area (TPSA) is 41.0 Å². The lowest BCUT2D eigenvalue weighted by atomic mass is 10.2. The predicted molar refractivity (Wildman–Crippen MR) is 75.2 cm³/mol. The first-order chi connectivity index (χ1) is 10.1. The van der Waals surface area contributed by atoms with E-state index < -0.39 is 17.5 Å². The molecule has 7 heteroatoms. The molecule has 0 atom stereocenters. The summed E-state index contributed by atoms with van der Waals surface area (Å²) in [6.45, 7) is 5.47. The lowest BCUT2D eigenvalue weighted by molar-refractivity contribution is 0.449. The molecule has 0 aliphatic carbocycles. The van der Waals surface area contributed by atoms with Crippen molar-refractivity contribution in [2.24, 2.45) is 0 Å². The van der Waals surface area contributed by atoms with Crippen molar-refractivity contribution in [2.75, 3.05) is 23.3 Å². The van der Waals surface area contributed by atoms with E-state index in [1.807, 2.05) is 18.7 Å². The van der Waals surface area contributed by atoms with Gasteiger partial charge in [0, 0.05) is 19.2 Å². The number of nitrogens with one attached hydrogen (secondary N) is 1. The highest BCUT2D eigenvalue weighted by Gasteiger charge is 2.14. The zero-order valence-electron chi connectivity index (χ0n) is 11.7. The van der Waals surface area contributed by atoms with Gasteiger partial charge >= 0.3 is 0 Å². The van der Waals surface area contributed by atoms with Gasteiger partial charge in [-0.25, -0.2) is 23.1 Å². The number of hydrogen-bond acceptors (Lipinski definition) is 4. The quantitative estimate of drug-likeness (QED) is 0.858.